The van der Waals surface area contributed by atoms with E-state index in [1.807, 2.05) is 6.92 Å². The van der Waals surface area contributed by atoms with Gasteiger partial charge in [-0.1, -0.05) is 29.3 Å². The molecule has 0 saturated heterocycles. The number of carbonyl (C=O) groups is 1. The lowest BCUT2D eigenvalue weighted by molar-refractivity contribution is -0.125. The fourth-order valence-corrected chi connectivity index (χ4v) is 2.06. The summed E-state index contributed by atoms with van der Waals surface area (Å²) in [5.74, 6) is -0.0954. The molecule has 0 unspecified atom stereocenters. The molecule has 0 aliphatic rings. The predicted molar refractivity (Wildman–Crippen MR) is 79.5 cm³/mol. The van der Waals surface area contributed by atoms with Crippen molar-refractivity contribution >= 4 is 35.2 Å². The second-order valence-electron chi connectivity index (χ2n) is 3.99. The number of benzene rings is 1. The molecule has 0 spiro atoms. The van der Waals surface area contributed by atoms with Crippen molar-refractivity contribution in [3.05, 3.63) is 39.9 Å². The van der Waals surface area contributed by atoms with Crippen LogP contribution in [0.4, 0.5) is 0 Å². The first kappa shape index (κ1) is 16.0. The molecule has 0 saturated carbocycles. The maximum atomic E-state index is 11.9. The Balaban J connectivity index is 2.71. The minimum Gasteiger partial charge on any atom is -0.396 e. The van der Waals surface area contributed by atoms with Crippen molar-refractivity contribution in [2.75, 3.05) is 19.7 Å². The third-order valence-electron chi connectivity index (χ3n) is 2.65. The van der Waals surface area contributed by atoms with Crippen LogP contribution in [0.3, 0.4) is 0 Å². The molecule has 0 aliphatic carbocycles. The molecule has 3 nitrogen and oxygen atoms in total. The number of likely N-dealkylation sites (N-methyl/N-ethyl adjacent to an activating group) is 1. The average Bonchev–Trinajstić information content (AvgIpc) is 2.38. The predicted octanol–water partition coefficient (Wildman–Crippen LogP) is 3.24. The summed E-state index contributed by atoms with van der Waals surface area (Å²) in [6, 6.07) is 5.12. The molecule has 1 amide bonds. The van der Waals surface area contributed by atoms with Crippen LogP contribution in [0.25, 0.3) is 6.08 Å². The number of aliphatic hydroxyl groups excluding tert-OH is 1. The molecule has 1 aromatic carbocycles. The normalized spacial score (nSPS) is 10.9. The molecule has 0 aliphatic heterocycles. The second-order valence-corrected chi connectivity index (χ2v) is 4.84. The quantitative estimate of drug-likeness (QED) is 0.820. The highest BCUT2D eigenvalue weighted by Crippen LogP contribution is 2.22. The highest BCUT2D eigenvalue weighted by atomic mass is 35.5. The maximum Gasteiger partial charge on any atom is 0.246 e. The molecule has 5 heteroatoms. The van der Waals surface area contributed by atoms with Crippen molar-refractivity contribution in [2.24, 2.45) is 0 Å². The second kappa shape index (κ2) is 8.20. The van der Waals surface area contributed by atoms with E-state index in [-0.39, 0.29) is 12.5 Å². The monoisotopic (exact) mass is 301 g/mol. The Bertz CT molecular complexity index is 461. The van der Waals surface area contributed by atoms with E-state index >= 15 is 0 Å². The highest BCUT2D eigenvalue weighted by Gasteiger charge is 2.07. The number of carbonyl (C=O) groups excluding carboxylic acids is 1. The molecule has 0 aromatic heterocycles. The Hall–Kier alpha value is -1.03. The zero-order valence-electron chi connectivity index (χ0n) is 10.8. The number of amides is 1. The average molecular weight is 302 g/mol. The van der Waals surface area contributed by atoms with Gasteiger partial charge in [0, 0.05) is 35.8 Å². The van der Waals surface area contributed by atoms with Crippen molar-refractivity contribution in [2.45, 2.75) is 13.3 Å². The summed E-state index contributed by atoms with van der Waals surface area (Å²) >= 11 is 11.8. The number of nitrogens with zero attached hydrogens (tertiary/aromatic N) is 1. The molecule has 0 atom stereocenters. The topological polar surface area (TPSA) is 40.5 Å². The Morgan fingerprint density at radius 1 is 1.42 bits per heavy atom. The van der Waals surface area contributed by atoms with Gasteiger partial charge >= 0.3 is 0 Å². The molecule has 1 rings (SSSR count). The van der Waals surface area contributed by atoms with Crippen LogP contribution in [0.15, 0.2) is 24.3 Å². The van der Waals surface area contributed by atoms with E-state index in [9.17, 15) is 4.79 Å². The molecule has 0 radical (unpaired) electrons. The van der Waals surface area contributed by atoms with Gasteiger partial charge in [0.25, 0.3) is 0 Å². The van der Waals surface area contributed by atoms with Crippen molar-refractivity contribution in [1.82, 2.24) is 4.90 Å². The largest absolute Gasteiger partial charge is 0.396 e. The Morgan fingerprint density at radius 3 is 2.74 bits per heavy atom. The van der Waals surface area contributed by atoms with Crippen LogP contribution < -0.4 is 0 Å². The van der Waals surface area contributed by atoms with Gasteiger partial charge in [0.05, 0.1) is 0 Å². The SMILES string of the molecule is CCN(CCCO)C(=O)/C=C/c1ccc(Cl)cc1Cl. The summed E-state index contributed by atoms with van der Waals surface area (Å²) in [5, 5.41) is 9.85. The standard InChI is InChI=1S/C14H17Cl2NO2/c1-2-17(8-3-9-18)14(19)7-5-11-4-6-12(15)10-13(11)16/h4-7,10,18H,2-3,8-9H2,1H3/b7-5+. The van der Waals surface area contributed by atoms with Crippen LogP contribution >= 0.6 is 23.2 Å². The molecule has 104 valence electrons. The third-order valence-corrected chi connectivity index (χ3v) is 3.21. The van der Waals surface area contributed by atoms with E-state index in [1.165, 1.54) is 6.08 Å². The van der Waals surface area contributed by atoms with Gasteiger partial charge in [-0.15, -0.1) is 0 Å². The molecule has 0 fully saturated rings. The molecule has 0 bridgehead atoms. The van der Waals surface area contributed by atoms with Crippen molar-refractivity contribution in [1.29, 1.82) is 0 Å². The van der Waals surface area contributed by atoms with Gasteiger partial charge < -0.3 is 10.0 Å². The smallest absolute Gasteiger partial charge is 0.246 e. The Labute approximate surface area is 123 Å². The summed E-state index contributed by atoms with van der Waals surface area (Å²) in [4.78, 5) is 13.6. The first-order valence-electron chi connectivity index (χ1n) is 6.11. The van der Waals surface area contributed by atoms with Crippen LogP contribution in [0.2, 0.25) is 10.0 Å². The summed E-state index contributed by atoms with van der Waals surface area (Å²) < 4.78 is 0. The van der Waals surface area contributed by atoms with Gasteiger partial charge in [0.2, 0.25) is 5.91 Å². The van der Waals surface area contributed by atoms with Gasteiger partial charge in [-0.3, -0.25) is 4.79 Å². The summed E-state index contributed by atoms with van der Waals surface area (Å²) in [5.41, 5.74) is 0.748. The fourth-order valence-electron chi connectivity index (χ4n) is 1.59. The minimum atomic E-state index is -0.0954. The molecular formula is C14H17Cl2NO2. The summed E-state index contributed by atoms with van der Waals surface area (Å²) in [7, 11) is 0. The van der Waals surface area contributed by atoms with E-state index in [0.29, 0.717) is 29.6 Å². The number of aliphatic hydroxyl groups is 1. The lowest BCUT2D eigenvalue weighted by Gasteiger charge is -2.18. The van der Waals surface area contributed by atoms with Gasteiger partial charge in [-0.05, 0) is 37.1 Å². The lowest BCUT2D eigenvalue weighted by atomic mass is 10.2. The van der Waals surface area contributed by atoms with Gasteiger partial charge in [0.1, 0.15) is 0 Å². The minimum absolute atomic E-state index is 0.0799. The molecule has 19 heavy (non-hydrogen) atoms. The summed E-state index contributed by atoms with van der Waals surface area (Å²) in [6.07, 6.45) is 3.73. The van der Waals surface area contributed by atoms with Gasteiger partial charge in [0.15, 0.2) is 0 Å². The van der Waals surface area contributed by atoms with Crippen molar-refractivity contribution < 1.29 is 9.90 Å². The highest BCUT2D eigenvalue weighted by molar-refractivity contribution is 6.35. The number of rotatable bonds is 6. The Kier molecular flexibility index (Phi) is 6.92. The number of halogens is 2. The first-order chi connectivity index (χ1) is 9.08. The van der Waals surface area contributed by atoms with Crippen LogP contribution in [-0.2, 0) is 4.79 Å². The molecular weight excluding hydrogens is 285 g/mol. The van der Waals surface area contributed by atoms with Crippen LogP contribution in [0.1, 0.15) is 18.9 Å². The number of hydrogen-bond donors (Lipinski definition) is 1. The first-order valence-corrected chi connectivity index (χ1v) is 6.87. The number of hydrogen-bond acceptors (Lipinski definition) is 2. The van der Waals surface area contributed by atoms with E-state index in [4.69, 9.17) is 28.3 Å². The van der Waals surface area contributed by atoms with Crippen molar-refractivity contribution in [3.63, 3.8) is 0 Å². The van der Waals surface area contributed by atoms with Crippen molar-refractivity contribution in [3.8, 4) is 0 Å². The van der Waals surface area contributed by atoms with Gasteiger partial charge in [-0.25, -0.2) is 0 Å². The molecule has 0 heterocycles. The van der Waals surface area contributed by atoms with Crippen LogP contribution in [0.5, 0.6) is 0 Å². The van der Waals surface area contributed by atoms with Crippen LogP contribution in [0, 0.1) is 0 Å². The zero-order valence-corrected chi connectivity index (χ0v) is 12.3. The van der Waals surface area contributed by atoms with E-state index in [0.717, 1.165) is 5.56 Å². The maximum absolute atomic E-state index is 11.9. The molecule has 1 aromatic rings. The van der Waals surface area contributed by atoms with E-state index < -0.39 is 0 Å². The Morgan fingerprint density at radius 2 is 2.16 bits per heavy atom. The third kappa shape index (κ3) is 5.23. The summed E-state index contributed by atoms with van der Waals surface area (Å²) in [6.45, 7) is 3.14. The fraction of sp³-hybridized carbons (Fsp3) is 0.357. The van der Waals surface area contributed by atoms with E-state index in [1.54, 1.807) is 29.2 Å². The van der Waals surface area contributed by atoms with E-state index in [2.05, 4.69) is 0 Å². The van der Waals surface area contributed by atoms with Gasteiger partial charge in [-0.2, -0.15) is 0 Å². The zero-order chi connectivity index (χ0) is 14.3. The van der Waals surface area contributed by atoms with Crippen LogP contribution in [-0.4, -0.2) is 35.6 Å². The lowest BCUT2D eigenvalue weighted by Crippen LogP contribution is -2.30. The molecule has 1 N–H and O–H groups in total.